The van der Waals surface area contributed by atoms with Gasteiger partial charge >= 0.3 is 6.18 Å². The fourth-order valence-corrected chi connectivity index (χ4v) is 3.86. The molecule has 0 amide bonds. The molecule has 1 unspecified atom stereocenters. The Morgan fingerprint density at radius 2 is 2.00 bits per heavy atom. The molecule has 112 valence electrons. The lowest BCUT2D eigenvalue weighted by Gasteiger charge is -2.24. The van der Waals surface area contributed by atoms with Crippen LogP contribution in [0.5, 0.6) is 0 Å². The molecule has 1 fully saturated rings. The number of hydrogen-bond acceptors (Lipinski definition) is 2. The van der Waals surface area contributed by atoms with Crippen molar-refractivity contribution in [1.29, 1.82) is 0 Å². The molecular weight excluding hydrogens is 277 g/mol. The molecule has 1 rings (SSSR count). The van der Waals surface area contributed by atoms with Gasteiger partial charge in [-0.1, -0.05) is 19.3 Å². The first-order valence-corrected chi connectivity index (χ1v) is 7.66. The van der Waals surface area contributed by atoms with E-state index < -0.39 is 18.5 Å². The maximum absolute atomic E-state index is 13.0. The second kappa shape index (κ2) is 8.04. The van der Waals surface area contributed by atoms with Gasteiger partial charge in [-0.05, 0) is 25.0 Å². The van der Waals surface area contributed by atoms with Crippen molar-refractivity contribution in [2.24, 2.45) is 5.92 Å². The second-order valence-electron chi connectivity index (χ2n) is 4.69. The highest BCUT2D eigenvalue weighted by Gasteiger charge is 2.42. The van der Waals surface area contributed by atoms with Gasteiger partial charge in [0.25, 0.3) is 0 Å². The molecule has 2 nitrogen and oxygen atoms in total. The van der Waals surface area contributed by atoms with E-state index in [0.717, 1.165) is 32.1 Å². The predicted octanol–water partition coefficient (Wildman–Crippen LogP) is 3.72. The molecule has 0 heterocycles. The van der Waals surface area contributed by atoms with Crippen LogP contribution in [0.1, 0.15) is 45.4 Å². The summed E-state index contributed by atoms with van der Waals surface area (Å²) in [6.07, 6.45) is 0.572. The molecule has 6 heteroatoms. The van der Waals surface area contributed by atoms with Gasteiger partial charge in [0.2, 0.25) is 0 Å². The molecule has 1 atom stereocenters. The van der Waals surface area contributed by atoms with Crippen molar-refractivity contribution in [1.82, 2.24) is 0 Å². The Kier molecular flexibility index (Phi) is 7.07. The molecule has 0 aromatic heterocycles. The maximum atomic E-state index is 13.0. The minimum absolute atomic E-state index is 0.0222. The van der Waals surface area contributed by atoms with Crippen LogP contribution in [0.3, 0.4) is 0 Å². The monoisotopic (exact) mass is 298 g/mol. The topological polar surface area (TPSA) is 26.3 Å². The highest BCUT2D eigenvalue weighted by atomic mass is 32.1. The fourth-order valence-electron chi connectivity index (χ4n) is 2.24. The average molecular weight is 298 g/mol. The van der Waals surface area contributed by atoms with Crippen LogP contribution in [0.2, 0.25) is 0 Å². The van der Waals surface area contributed by atoms with Crippen molar-refractivity contribution < 1.29 is 22.7 Å². The number of rotatable bonds is 5. The normalized spacial score (nSPS) is 20.7. The molecule has 1 aliphatic carbocycles. The Hall–Kier alpha value is -0.360. The van der Waals surface area contributed by atoms with Crippen molar-refractivity contribution in [3.8, 4) is 0 Å². The maximum Gasteiger partial charge on any atom is 0.398 e. The third kappa shape index (κ3) is 5.65. The lowest BCUT2D eigenvalue weighted by molar-refractivity contribution is -0.161. The zero-order valence-electron chi connectivity index (χ0n) is 11.1. The first kappa shape index (κ1) is 16.7. The van der Waals surface area contributed by atoms with Gasteiger partial charge in [-0.25, -0.2) is 0 Å². The number of ether oxygens (including phenoxy) is 1. The number of thiol groups is 1. The van der Waals surface area contributed by atoms with Crippen LogP contribution in [-0.2, 0) is 9.53 Å². The summed E-state index contributed by atoms with van der Waals surface area (Å²) >= 11 is 0.620. The Bertz CT molecular complexity index is 310. The number of carbonyl (C=O) groups excluding carboxylic acids is 1. The molecule has 0 saturated heterocycles. The molecule has 1 saturated carbocycles. The average Bonchev–Trinajstić information content (AvgIpc) is 2.35. The Morgan fingerprint density at radius 3 is 2.47 bits per heavy atom. The molecule has 0 bridgehead atoms. The molecule has 0 N–H and O–H groups in total. The Labute approximate surface area is 115 Å². The summed E-state index contributed by atoms with van der Waals surface area (Å²) in [5, 5.41) is 0.265. The van der Waals surface area contributed by atoms with Gasteiger partial charge < -0.3 is 9.53 Å². The first-order valence-electron chi connectivity index (χ1n) is 6.69. The highest BCUT2D eigenvalue weighted by Crippen LogP contribution is 2.34. The van der Waals surface area contributed by atoms with Crippen molar-refractivity contribution in [2.45, 2.75) is 56.9 Å². The van der Waals surface area contributed by atoms with Crippen LogP contribution in [0.4, 0.5) is 13.2 Å². The van der Waals surface area contributed by atoms with E-state index in [-0.39, 0.29) is 16.9 Å². The van der Waals surface area contributed by atoms with Crippen molar-refractivity contribution in [2.75, 3.05) is 6.61 Å². The molecule has 0 aromatic rings. The van der Waals surface area contributed by atoms with Gasteiger partial charge in [-0.2, -0.15) is 24.5 Å². The molecule has 0 radical (unpaired) electrons. The quantitative estimate of drug-likeness (QED) is 0.476. The van der Waals surface area contributed by atoms with Crippen LogP contribution in [0, 0.1) is 5.92 Å². The minimum atomic E-state index is -4.41. The zero-order valence-corrected chi connectivity index (χ0v) is 12.0. The van der Waals surface area contributed by atoms with E-state index in [0.29, 0.717) is 17.6 Å². The molecule has 1 aliphatic rings. The van der Waals surface area contributed by atoms with E-state index in [2.05, 4.69) is 0 Å². The lowest BCUT2D eigenvalue weighted by Crippen LogP contribution is -2.32. The lowest BCUT2D eigenvalue weighted by atomic mass is 10.0. The van der Waals surface area contributed by atoms with Gasteiger partial charge in [-0.3, -0.25) is 0 Å². The second-order valence-corrected chi connectivity index (χ2v) is 6.12. The van der Waals surface area contributed by atoms with Crippen molar-refractivity contribution in [3.05, 3.63) is 0 Å². The number of alkyl halides is 3. The Morgan fingerprint density at radius 1 is 1.37 bits per heavy atom. The van der Waals surface area contributed by atoms with E-state index in [1.165, 1.54) is 0 Å². The van der Waals surface area contributed by atoms with E-state index in [9.17, 15) is 18.0 Å². The van der Waals surface area contributed by atoms with Crippen molar-refractivity contribution in [3.63, 3.8) is 0 Å². The third-order valence-electron chi connectivity index (χ3n) is 3.20. The summed E-state index contributed by atoms with van der Waals surface area (Å²) in [7, 11) is 0. The van der Waals surface area contributed by atoms with Crippen LogP contribution in [0.25, 0.3) is 0 Å². The van der Waals surface area contributed by atoms with E-state index in [4.69, 9.17) is 4.74 Å². The van der Waals surface area contributed by atoms with Crippen LogP contribution in [-0.4, -0.2) is 29.4 Å². The van der Waals surface area contributed by atoms with Gasteiger partial charge in [-0.15, -0.1) is 0 Å². The van der Waals surface area contributed by atoms with Gasteiger partial charge in [0.05, 0.1) is 11.7 Å². The summed E-state index contributed by atoms with van der Waals surface area (Å²) in [5.41, 5.74) is 0. The summed E-state index contributed by atoms with van der Waals surface area (Å²) in [5.74, 6) is -1.76. The number of carbonyl (C=O) groups is 1. The number of hydrogen-bond donors (Lipinski definition) is 1. The largest absolute Gasteiger partial charge is 0.398 e. The fraction of sp³-hybridized carbons (Fsp3) is 0.846. The molecule has 0 spiro atoms. The predicted molar refractivity (Wildman–Crippen MR) is 72.7 cm³/mol. The van der Waals surface area contributed by atoms with Gasteiger partial charge in [0, 0.05) is 6.42 Å². The number of aldehydes is 1. The van der Waals surface area contributed by atoms with Crippen LogP contribution in [0.15, 0.2) is 0 Å². The SMILES string of the molecule is CCOC(=[SH]C1CCCCC1)C(CC=O)C(F)(F)F. The molecular formula is C13H21F3O2S. The summed E-state index contributed by atoms with van der Waals surface area (Å²) in [6.45, 7) is 1.88. The van der Waals surface area contributed by atoms with Gasteiger partial charge in [0.15, 0.2) is 0 Å². The Balaban J connectivity index is 2.87. The van der Waals surface area contributed by atoms with E-state index in [1.807, 2.05) is 0 Å². The first-order chi connectivity index (χ1) is 8.99. The number of halogens is 3. The standard InChI is InChI=1S/C13H21F3O2S/c1-2-18-12(11(8-9-17)13(14,15)16)19-10-6-4-3-5-7-10/h9-11,19H,2-8H2,1H3. The smallest absolute Gasteiger partial charge is 0.344 e. The summed E-state index contributed by atoms with van der Waals surface area (Å²) < 4.78 is 44.1. The zero-order chi connectivity index (χ0) is 14.3. The van der Waals surface area contributed by atoms with E-state index in [1.54, 1.807) is 6.92 Å². The minimum Gasteiger partial charge on any atom is -0.344 e. The molecule has 0 aromatic carbocycles. The van der Waals surface area contributed by atoms with Gasteiger partial charge in [0.1, 0.15) is 12.2 Å². The van der Waals surface area contributed by atoms with Crippen LogP contribution >= 0.6 is 11.4 Å². The van der Waals surface area contributed by atoms with Crippen molar-refractivity contribution >= 4 is 22.7 Å². The van der Waals surface area contributed by atoms with E-state index >= 15 is 0 Å². The van der Waals surface area contributed by atoms with Crippen LogP contribution < -0.4 is 0 Å². The molecule has 0 aliphatic heterocycles. The summed E-state index contributed by atoms with van der Waals surface area (Å²) in [4.78, 5) is 10.5. The third-order valence-corrected chi connectivity index (χ3v) is 4.78. The summed E-state index contributed by atoms with van der Waals surface area (Å²) in [6, 6.07) is 0. The molecule has 19 heavy (non-hydrogen) atoms. The highest BCUT2D eigenvalue weighted by molar-refractivity contribution is 7.99.